The monoisotopic (exact) mass is 446 g/mol. The van der Waals surface area contributed by atoms with Gasteiger partial charge in [0.15, 0.2) is 0 Å². The number of amides is 3. The molecule has 6 nitrogen and oxygen atoms in total. The SMILES string of the molecule is CN(Cc1ccc(C(=O)NC2CCC3CC4CC(C3)C2C4)cc1)C(=O)N(C)c1ccccn1. The van der Waals surface area contributed by atoms with Crippen molar-refractivity contribution in [1.82, 2.24) is 15.2 Å². The first-order chi connectivity index (χ1) is 16.0. The van der Waals surface area contributed by atoms with Gasteiger partial charge in [0.1, 0.15) is 5.82 Å². The van der Waals surface area contributed by atoms with Crippen molar-refractivity contribution in [2.75, 3.05) is 19.0 Å². The van der Waals surface area contributed by atoms with E-state index >= 15 is 0 Å². The highest BCUT2D eigenvalue weighted by molar-refractivity contribution is 5.94. The lowest BCUT2D eigenvalue weighted by atomic mass is 9.80. The number of nitrogens with one attached hydrogen (secondary N) is 1. The minimum absolute atomic E-state index is 0.0343. The Bertz CT molecular complexity index is 993. The summed E-state index contributed by atoms with van der Waals surface area (Å²) in [7, 11) is 3.50. The smallest absolute Gasteiger partial charge is 0.325 e. The summed E-state index contributed by atoms with van der Waals surface area (Å²) >= 11 is 0. The molecule has 3 bridgehead atoms. The highest BCUT2D eigenvalue weighted by Gasteiger charge is 2.46. The van der Waals surface area contributed by atoms with E-state index in [4.69, 9.17) is 0 Å². The molecule has 3 aliphatic carbocycles. The molecule has 0 aliphatic heterocycles. The lowest BCUT2D eigenvalue weighted by Crippen LogP contribution is -2.41. The van der Waals surface area contributed by atoms with E-state index in [-0.39, 0.29) is 11.9 Å². The van der Waals surface area contributed by atoms with Gasteiger partial charge in [-0.05, 0) is 92.0 Å². The Kier molecular flexibility index (Phi) is 6.09. The van der Waals surface area contributed by atoms with Crippen molar-refractivity contribution in [2.45, 2.75) is 51.1 Å². The number of nitrogens with zero attached hydrogens (tertiary/aromatic N) is 3. The lowest BCUT2D eigenvalue weighted by molar-refractivity contribution is 0.0912. The highest BCUT2D eigenvalue weighted by Crippen LogP contribution is 2.53. The lowest BCUT2D eigenvalue weighted by Gasteiger charge is -2.27. The molecule has 1 aromatic carbocycles. The molecule has 174 valence electrons. The molecule has 1 aromatic heterocycles. The fourth-order valence-corrected chi connectivity index (χ4v) is 6.53. The summed E-state index contributed by atoms with van der Waals surface area (Å²) in [5.74, 6) is 3.92. The Morgan fingerprint density at radius 3 is 2.52 bits per heavy atom. The van der Waals surface area contributed by atoms with Crippen molar-refractivity contribution < 1.29 is 9.59 Å². The first-order valence-electron chi connectivity index (χ1n) is 12.3. The number of pyridine rings is 1. The second-order valence-corrected chi connectivity index (χ2v) is 10.3. The minimum Gasteiger partial charge on any atom is -0.349 e. The Labute approximate surface area is 196 Å². The summed E-state index contributed by atoms with van der Waals surface area (Å²) in [6.07, 6.45) is 9.55. The number of benzene rings is 1. The number of hydrogen-bond acceptors (Lipinski definition) is 3. The number of rotatable bonds is 5. The molecule has 3 saturated carbocycles. The van der Waals surface area contributed by atoms with Gasteiger partial charge in [0, 0.05) is 38.4 Å². The van der Waals surface area contributed by atoms with Gasteiger partial charge in [-0.25, -0.2) is 9.78 Å². The third-order valence-electron chi connectivity index (χ3n) is 8.11. The van der Waals surface area contributed by atoms with Crippen LogP contribution in [0.2, 0.25) is 0 Å². The molecule has 0 saturated heterocycles. The number of aromatic nitrogens is 1. The van der Waals surface area contributed by atoms with E-state index in [2.05, 4.69) is 10.3 Å². The summed E-state index contributed by atoms with van der Waals surface area (Å²) in [4.78, 5) is 33.2. The molecular weight excluding hydrogens is 412 g/mol. The van der Waals surface area contributed by atoms with Crippen LogP contribution in [-0.2, 0) is 6.54 Å². The summed E-state index contributed by atoms with van der Waals surface area (Å²) < 4.78 is 0. The number of hydrogen-bond donors (Lipinski definition) is 1. The van der Waals surface area contributed by atoms with Crippen LogP contribution in [0.25, 0.3) is 0 Å². The third-order valence-corrected chi connectivity index (χ3v) is 8.11. The number of carbonyl (C=O) groups is 2. The second kappa shape index (κ2) is 9.16. The first kappa shape index (κ1) is 21.9. The van der Waals surface area contributed by atoms with Gasteiger partial charge in [0.2, 0.25) is 0 Å². The second-order valence-electron chi connectivity index (χ2n) is 10.3. The molecule has 1 heterocycles. The first-order valence-corrected chi connectivity index (χ1v) is 12.3. The van der Waals surface area contributed by atoms with E-state index in [0.29, 0.717) is 29.9 Å². The Hall–Kier alpha value is -2.89. The van der Waals surface area contributed by atoms with Crippen LogP contribution in [0.4, 0.5) is 10.6 Å². The van der Waals surface area contributed by atoms with Gasteiger partial charge >= 0.3 is 6.03 Å². The van der Waals surface area contributed by atoms with E-state index in [0.717, 1.165) is 29.7 Å². The minimum atomic E-state index is -0.131. The van der Waals surface area contributed by atoms with Crippen molar-refractivity contribution in [1.29, 1.82) is 0 Å². The van der Waals surface area contributed by atoms with Crippen LogP contribution < -0.4 is 10.2 Å². The van der Waals surface area contributed by atoms with Gasteiger partial charge in [-0.2, -0.15) is 0 Å². The van der Waals surface area contributed by atoms with Crippen molar-refractivity contribution in [3.05, 3.63) is 59.8 Å². The van der Waals surface area contributed by atoms with Crippen molar-refractivity contribution in [2.24, 2.45) is 23.7 Å². The molecule has 2 aromatic rings. The van der Waals surface area contributed by atoms with Crippen molar-refractivity contribution >= 4 is 17.8 Å². The molecule has 3 amide bonds. The van der Waals surface area contributed by atoms with E-state index in [1.807, 2.05) is 42.5 Å². The highest BCUT2D eigenvalue weighted by atomic mass is 16.2. The molecule has 6 heteroatoms. The third kappa shape index (κ3) is 4.61. The van der Waals surface area contributed by atoms with E-state index in [1.54, 1.807) is 25.2 Å². The normalized spacial score (nSPS) is 27.6. The molecule has 3 aliphatic rings. The summed E-state index contributed by atoms with van der Waals surface area (Å²) in [6.45, 7) is 0.465. The van der Waals surface area contributed by atoms with Gasteiger partial charge in [0.05, 0.1) is 0 Å². The Morgan fingerprint density at radius 2 is 1.76 bits per heavy atom. The molecule has 5 rings (SSSR count). The predicted molar refractivity (Wildman–Crippen MR) is 129 cm³/mol. The van der Waals surface area contributed by atoms with Crippen LogP contribution in [0, 0.1) is 23.7 Å². The van der Waals surface area contributed by atoms with E-state index in [9.17, 15) is 9.59 Å². The molecule has 5 atom stereocenters. The van der Waals surface area contributed by atoms with E-state index < -0.39 is 0 Å². The van der Waals surface area contributed by atoms with Gasteiger partial charge in [-0.3, -0.25) is 9.69 Å². The van der Waals surface area contributed by atoms with Crippen molar-refractivity contribution in [3.8, 4) is 0 Å². The molecular formula is C27H34N4O2. The maximum absolute atomic E-state index is 13.0. The van der Waals surface area contributed by atoms with Crippen LogP contribution in [-0.4, -0.2) is 42.0 Å². The fourth-order valence-electron chi connectivity index (χ4n) is 6.53. The van der Waals surface area contributed by atoms with Crippen LogP contribution in [0.3, 0.4) is 0 Å². The predicted octanol–water partition coefficient (Wildman–Crippen LogP) is 4.71. The number of urea groups is 1. The van der Waals surface area contributed by atoms with Gasteiger partial charge < -0.3 is 10.2 Å². The Balaban J connectivity index is 1.18. The van der Waals surface area contributed by atoms with Gasteiger partial charge in [0.25, 0.3) is 5.91 Å². The van der Waals surface area contributed by atoms with Crippen molar-refractivity contribution in [3.63, 3.8) is 0 Å². The number of carbonyl (C=O) groups excluding carboxylic acids is 2. The van der Waals surface area contributed by atoms with Crippen LogP contribution in [0.5, 0.6) is 0 Å². The average molecular weight is 447 g/mol. The van der Waals surface area contributed by atoms with Gasteiger partial charge in [-0.15, -0.1) is 0 Å². The van der Waals surface area contributed by atoms with Crippen LogP contribution >= 0.6 is 0 Å². The molecule has 1 N–H and O–H groups in total. The topological polar surface area (TPSA) is 65.5 Å². The molecule has 5 unspecified atom stereocenters. The zero-order valence-electron chi connectivity index (χ0n) is 19.6. The summed E-state index contributed by atoms with van der Waals surface area (Å²) in [5, 5.41) is 3.38. The Morgan fingerprint density at radius 1 is 0.970 bits per heavy atom. The largest absolute Gasteiger partial charge is 0.349 e. The number of fused-ring (bicyclic) bond motifs is 2. The summed E-state index contributed by atoms with van der Waals surface area (Å²) in [5.41, 5.74) is 1.68. The maximum Gasteiger partial charge on any atom is 0.325 e. The molecule has 33 heavy (non-hydrogen) atoms. The standard InChI is InChI=1S/C27H34N4O2/c1-30(27(33)31(2)25-5-3-4-12-28-25)17-18-6-9-21(10-7-18)26(32)29-24-11-8-19-13-20-15-22(14-19)23(24)16-20/h3-7,9-10,12,19-20,22-24H,8,11,13-17H2,1-2H3,(H,29,32). The van der Waals surface area contributed by atoms with Crippen LogP contribution in [0.1, 0.15) is 54.4 Å². The molecule has 3 fully saturated rings. The zero-order valence-corrected chi connectivity index (χ0v) is 19.6. The average Bonchev–Trinajstić information content (AvgIpc) is 3.08. The van der Waals surface area contributed by atoms with Crippen LogP contribution in [0.15, 0.2) is 48.7 Å². The zero-order chi connectivity index (χ0) is 22.9. The van der Waals surface area contributed by atoms with Gasteiger partial charge in [-0.1, -0.05) is 18.2 Å². The molecule has 0 spiro atoms. The number of anilines is 1. The molecule has 0 radical (unpaired) electrons. The quantitative estimate of drug-likeness (QED) is 0.723. The maximum atomic E-state index is 13.0. The van der Waals surface area contributed by atoms with E-state index in [1.165, 1.54) is 37.0 Å². The summed E-state index contributed by atoms with van der Waals surface area (Å²) in [6, 6.07) is 13.3. The fraction of sp³-hybridized carbons (Fsp3) is 0.519.